The van der Waals surface area contributed by atoms with E-state index in [2.05, 4.69) is 0 Å². The van der Waals surface area contributed by atoms with Gasteiger partial charge in [-0.2, -0.15) is 0 Å². The molecule has 6 heteroatoms. The van der Waals surface area contributed by atoms with Crippen LogP contribution in [-0.4, -0.2) is 30.9 Å². The number of nitrogens with zero attached hydrogens (tertiary/aromatic N) is 1. The van der Waals surface area contributed by atoms with Gasteiger partial charge in [0.15, 0.2) is 11.6 Å². The molecule has 2 amide bonds. The Bertz CT molecular complexity index is 901. The van der Waals surface area contributed by atoms with Gasteiger partial charge >= 0.3 is 0 Å². The molecule has 0 bridgehead atoms. The first kappa shape index (κ1) is 22.1. The third-order valence-electron chi connectivity index (χ3n) is 4.48. The van der Waals surface area contributed by atoms with Gasteiger partial charge in [0.25, 0.3) is 11.8 Å². The molecule has 2 aromatic carbocycles. The van der Waals surface area contributed by atoms with Gasteiger partial charge in [-0.3, -0.25) is 14.5 Å². The van der Waals surface area contributed by atoms with E-state index in [0.717, 1.165) is 4.90 Å². The second-order valence-corrected chi connectivity index (χ2v) is 6.04. The number of hydrogen-bond donors (Lipinski definition) is 0. The van der Waals surface area contributed by atoms with Crippen LogP contribution in [0.4, 0.5) is 4.39 Å². The number of methoxy groups -OCH3 is 2. The maximum atomic E-state index is 15.0. The van der Waals surface area contributed by atoms with Crippen LogP contribution in [0.3, 0.4) is 0 Å². The summed E-state index contributed by atoms with van der Waals surface area (Å²) in [6.07, 6.45) is 2.37. The van der Waals surface area contributed by atoms with Gasteiger partial charge in [-0.15, -0.1) is 0 Å². The number of benzene rings is 2. The molecule has 5 nitrogen and oxygen atoms in total. The van der Waals surface area contributed by atoms with Crippen LogP contribution < -0.4 is 4.74 Å². The van der Waals surface area contributed by atoms with Crippen molar-refractivity contribution >= 4 is 17.6 Å². The molecule has 1 heterocycles. The molecule has 0 aromatic heterocycles. The SMILES string of the molecule is CC.CC/C=C(\OC)c1c(CN2C(=O)c3ccccc3C2=O)ccc(OC)c1F. The van der Waals surface area contributed by atoms with Gasteiger partial charge in [0.1, 0.15) is 5.76 Å². The Labute approximate surface area is 170 Å². The van der Waals surface area contributed by atoms with Crippen LogP contribution in [0.2, 0.25) is 0 Å². The number of imide groups is 1. The predicted molar refractivity (Wildman–Crippen MR) is 110 cm³/mol. The molecule has 0 atom stereocenters. The first-order valence-electron chi connectivity index (χ1n) is 9.58. The Kier molecular flexibility index (Phi) is 7.53. The summed E-state index contributed by atoms with van der Waals surface area (Å²) in [5, 5.41) is 0. The average molecular weight is 399 g/mol. The molecule has 0 fully saturated rings. The summed E-state index contributed by atoms with van der Waals surface area (Å²) in [6, 6.07) is 9.76. The third-order valence-corrected chi connectivity index (χ3v) is 4.48. The van der Waals surface area contributed by atoms with E-state index in [0.29, 0.717) is 28.9 Å². The van der Waals surface area contributed by atoms with Crippen molar-refractivity contribution in [2.75, 3.05) is 14.2 Å². The quantitative estimate of drug-likeness (QED) is 0.504. The lowest BCUT2D eigenvalue weighted by Crippen LogP contribution is -2.29. The zero-order valence-electron chi connectivity index (χ0n) is 17.4. The fraction of sp³-hybridized carbons (Fsp3) is 0.304. The normalized spacial score (nSPS) is 13.0. The van der Waals surface area contributed by atoms with Crippen LogP contribution >= 0.6 is 0 Å². The van der Waals surface area contributed by atoms with Crippen molar-refractivity contribution < 1.29 is 23.5 Å². The minimum atomic E-state index is -0.590. The number of ether oxygens (including phenoxy) is 2. The maximum absolute atomic E-state index is 15.0. The zero-order chi connectivity index (χ0) is 21.6. The second-order valence-electron chi connectivity index (χ2n) is 6.04. The monoisotopic (exact) mass is 399 g/mol. The Morgan fingerprint density at radius 3 is 2.10 bits per heavy atom. The molecule has 29 heavy (non-hydrogen) atoms. The van der Waals surface area contributed by atoms with Crippen LogP contribution in [0.5, 0.6) is 5.75 Å². The maximum Gasteiger partial charge on any atom is 0.261 e. The number of amides is 2. The summed E-state index contributed by atoms with van der Waals surface area (Å²) < 4.78 is 25.4. The third kappa shape index (κ3) is 4.16. The summed E-state index contributed by atoms with van der Waals surface area (Å²) in [4.78, 5) is 26.4. The van der Waals surface area contributed by atoms with E-state index in [1.54, 1.807) is 36.4 Å². The van der Waals surface area contributed by atoms with Gasteiger partial charge < -0.3 is 9.47 Å². The number of hydrogen-bond acceptors (Lipinski definition) is 4. The van der Waals surface area contributed by atoms with E-state index >= 15 is 0 Å². The predicted octanol–water partition coefficient (Wildman–Crippen LogP) is 5.05. The topological polar surface area (TPSA) is 55.8 Å². The summed E-state index contributed by atoms with van der Waals surface area (Å²) in [6.45, 7) is 5.84. The van der Waals surface area contributed by atoms with E-state index in [4.69, 9.17) is 9.47 Å². The molecule has 0 unspecified atom stereocenters. The van der Waals surface area contributed by atoms with Crippen LogP contribution in [0.1, 0.15) is 59.0 Å². The van der Waals surface area contributed by atoms with E-state index in [9.17, 15) is 14.0 Å². The van der Waals surface area contributed by atoms with Gasteiger partial charge in [-0.05, 0) is 36.3 Å². The van der Waals surface area contributed by atoms with E-state index in [-0.39, 0.29) is 17.9 Å². The zero-order valence-corrected chi connectivity index (χ0v) is 17.4. The molecule has 0 N–H and O–H groups in total. The van der Waals surface area contributed by atoms with Crippen molar-refractivity contribution in [3.63, 3.8) is 0 Å². The fourth-order valence-electron chi connectivity index (χ4n) is 3.18. The lowest BCUT2D eigenvalue weighted by Gasteiger charge is -2.19. The highest BCUT2D eigenvalue weighted by molar-refractivity contribution is 6.21. The Morgan fingerprint density at radius 2 is 1.62 bits per heavy atom. The first-order chi connectivity index (χ1) is 14.0. The molecule has 3 rings (SSSR count). The van der Waals surface area contributed by atoms with Crippen molar-refractivity contribution in [1.82, 2.24) is 4.90 Å². The summed E-state index contributed by atoms with van der Waals surface area (Å²) in [7, 11) is 2.83. The van der Waals surface area contributed by atoms with Crippen LogP contribution in [0, 0.1) is 5.82 Å². The largest absolute Gasteiger partial charge is 0.496 e. The summed E-state index contributed by atoms with van der Waals surface area (Å²) in [5.41, 5.74) is 1.36. The van der Waals surface area contributed by atoms with Crippen LogP contribution in [-0.2, 0) is 11.3 Å². The van der Waals surface area contributed by atoms with Crippen molar-refractivity contribution in [3.05, 3.63) is 70.5 Å². The number of halogens is 1. The fourth-order valence-corrected chi connectivity index (χ4v) is 3.18. The molecule has 1 aliphatic heterocycles. The molecule has 2 aromatic rings. The first-order valence-corrected chi connectivity index (χ1v) is 9.58. The lowest BCUT2D eigenvalue weighted by atomic mass is 10.0. The van der Waals surface area contributed by atoms with Crippen molar-refractivity contribution in [3.8, 4) is 5.75 Å². The van der Waals surface area contributed by atoms with E-state index in [1.807, 2.05) is 20.8 Å². The highest BCUT2D eigenvalue weighted by Crippen LogP contribution is 2.33. The molecule has 0 radical (unpaired) electrons. The molecule has 154 valence electrons. The summed E-state index contributed by atoms with van der Waals surface area (Å²) >= 11 is 0. The standard InChI is InChI=1S/C21H20FNO4.C2H6/c1-4-7-16(26-2)18-13(10-11-17(27-3)19(18)22)12-23-20(24)14-8-5-6-9-15(14)21(23)25;1-2/h5-11H,4,12H2,1-3H3;1-2H3/b16-7-;. The van der Waals surface area contributed by atoms with Gasteiger partial charge in [0.2, 0.25) is 0 Å². The Hall–Kier alpha value is -3.15. The highest BCUT2D eigenvalue weighted by atomic mass is 19.1. The molecule has 0 saturated carbocycles. The van der Waals surface area contributed by atoms with Crippen molar-refractivity contribution in [1.29, 1.82) is 0 Å². The minimum absolute atomic E-state index is 0.0625. The van der Waals surface area contributed by atoms with E-state index < -0.39 is 17.6 Å². The molecule has 0 spiro atoms. The molecule has 0 saturated heterocycles. The molecular weight excluding hydrogens is 373 g/mol. The average Bonchev–Trinajstić information content (AvgIpc) is 2.99. The smallest absolute Gasteiger partial charge is 0.261 e. The van der Waals surface area contributed by atoms with Gasteiger partial charge in [0, 0.05) is 0 Å². The summed E-state index contributed by atoms with van der Waals surface area (Å²) in [5.74, 6) is -0.976. The number of allylic oxidation sites excluding steroid dienone is 1. The van der Waals surface area contributed by atoms with Crippen molar-refractivity contribution in [2.24, 2.45) is 0 Å². The number of fused-ring (bicyclic) bond motifs is 1. The highest BCUT2D eigenvalue weighted by Gasteiger charge is 2.36. The molecule has 1 aliphatic rings. The number of carbonyl (C=O) groups excluding carboxylic acids is 2. The lowest BCUT2D eigenvalue weighted by molar-refractivity contribution is 0.0642. The molecule has 0 aliphatic carbocycles. The van der Waals surface area contributed by atoms with Crippen LogP contribution in [0.15, 0.2) is 42.5 Å². The number of rotatable bonds is 6. The minimum Gasteiger partial charge on any atom is -0.496 e. The van der Waals surface area contributed by atoms with E-state index in [1.165, 1.54) is 20.3 Å². The molecular formula is C23H26FNO4. The van der Waals surface area contributed by atoms with Gasteiger partial charge in [0.05, 0.1) is 37.5 Å². The number of carbonyl (C=O) groups is 2. The Morgan fingerprint density at radius 1 is 1.03 bits per heavy atom. The second kappa shape index (κ2) is 9.87. The van der Waals surface area contributed by atoms with Crippen LogP contribution in [0.25, 0.3) is 5.76 Å². The van der Waals surface area contributed by atoms with Gasteiger partial charge in [-0.1, -0.05) is 39.0 Å². The van der Waals surface area contributed by atoms with Gasteiger partial charge in [-0.25, -0.2) is 4.39 Å². The van der Waals surface area contributed by atoms with Crippen molar-refractivity contribution in [2.45, 2.75) is 33.7 Å². The Balaban J connectivity index is 0.00000145.